The molecule has 0 aliphatic carbocycles. The molecule has 1 aliphatic rings. The van der Waals surface area contributed by atoms with E-state index in [1.165, 1.54) is 0 Å². The van der Waals surface area contributed by atoms with Crippen LogP contribution in [-0.4, -0.2) is 11.9 Å². The first-order chi connectivity index (χ1) is 11.6. The molecule has 0 fully saturated rings. The number of hydrogen-bond donors (Lipinski definition) is 1. The Balaban J connectivity index is 2.02. The molecule has 0 radical (unpaired) electrons. The van der Waals surface area contributed by atoms with Gasteiger partial charge in [-0.05, 0) is 46.9 Å². The summed E-state index contributed by atoms with van der Waals surface area (Å²) in [5.74, 6) is -0.174. The molecule has 0 bridgehead atoms. The number of hydrogen-bond acceptors (Lipinski definition) is 6. The predicted molar refractivity (Wildman–Crippen MR) is 98.4 cm³/mol. The van der Waals surface area contributed by atoms with Gasteiger partial charge in [-0.15, -0.1) is 0 Å². The third-order valence-electron chi connectivity index (χ3n) is 3.57. The van der Waals surface area contributed by atoms with E-state index in [9.17, 15) is 10.5 Å². The molecule has 0 spiro atoms. The second kappa shape index (κ2) is 6.87. The Bertz CT molecular complexity index is 888. The Morgan fingerprint density at radius 3 is 2.58 bits per heavy atom. The molecule has 6 nitrogen and oxygen atoms in total. The molecule has 1 aromatic heterocycles. The second-order valence-corrected chi connectivity index (χ2v) is 6.14. The zero-order chi connectivity index (χ0) is 17.1. The van der Waals surface area contributed by atoms with Gasteiger partial charge in [-0.3, -0.25) is 0 Å². The van der Waals surface area contributed by atoms with Gasteiger partial charge in [-0.2, -0.15) is 15.6 Å². The highest BCUT2D eigenvalue weighted by Gasteiger charge is 2.37. The highest BCUT2D eigenvalue weighted by atomic mass is 127. The summed E-state index contributed by atoms with van der Waals surface area (Å²) in [6.45, 7) is 0. The number of anilines is 1. The summed E-state index contributed by atoms with van der Waals surface area (Å²) >= 11 is 2.04. The van der Waals surface area contributed by atoms with Crippen LogP contribution in [0.1, 0.15) is 5.76 Å². The standard InChI is InChI=1S/C17H12IN5O/c18-15-7-6-13(24-15)8-11(9-19)16-14(10-20)17(21)23(22-16)12-4-2-1-3-5-12/h1-8,14,17H,21H2/b11-8-/t14-,17-/m0/s1. The minimum atomic E-state index is -0.704. The van der Waals surface area contributed by atoms with E-state index in [2.05, 4.69) is 17.2 Å². The highest BCUT2D eigenvalue weighted by Crippen LogP contribution is 2.28. The van der Waals surface area contributed by atoms with Crippen molar-refractivity contribution in [2.45, 2.75) is 6.17 Å². The van der Waals surface area contributed by atoms with Crippen LogP contribution in [0.4, 0.5) is 5.69 Å². The molecule has 7 heteroatoms. The van der Waals surface area contributed by atoms with E-state index in [0.29, 0.717) is 15.2 Å². The SMILES string of the molecule is N#C/C(=C/c1ccc(I)o1)C1=NN(c2ccccc2)[C@H](N)[C@H]1C#N. The first kappa shape index (κ1) is 16.2. The number of nitrogens with two attached hydrogens (primary N) is 1. The van der Waals surface area contributed by atoms with Gasteiger partial charge in [0, 0.05) is 6.08 Å². The lowest BCUT2D eigenvalue weighted by atomic mass is 9.96. The minimum Gasteiger partial charge on any atom is -0.451 e. The van der Waals surface area contributed by atoms with Crippen LogP contribution in [-0.2, 0) is 0 Å². The number of halogens is 1. The van der Waals surface area contributed by atoms with Crippen molar-refractivity contribution in [1.29, 1.82) is 10.5 Å². The lowest BCUT2D eigenvalue weighted by Crippen LogP contribution is -2.40. The third kappa shape index (κ3) is 3.04. The van der Waals surface area contributed by atoms with E-state index in [0.717, 1.165) is 5.69 Å². The first-order valence-electron chi connectivity index (χ1n) is 7.09. The molecule has 2 aromatic rings. The van der Waals surface area contributed by atoms with Gasteiger partial charge in [0.25, 0.3) is 0 Å². The largest absolute Gasteiger partial charge is 0.451 e. The summed E-state index contributed by atoms with van der Waals surface area (Å²) in [5.41, 5.74) is 7.56. The molecule has 24 heavy (non-hydrogen) atoms. The number of para-hydroxylation sites is 1. The summed E-state index contributed by atoms with van der Waals surface area (Å²) in [7, 11) is 0. The smallest absolute Gasteiger partial charge is 0.164 e. The summed E-state index contributed by atoms with van der Waals surface area (Å²) in [6, 6.07) is 17.1. The number of benzene rings is 1. The number of nitriles is 2. The average Bonchev–Trinajstić information content (AvgIpc) is 3.16. The molecule has 1 aromatic carbocycles. The van der Waals surface area contributed by atoms with E-state index in [1.54, 1.807) is 23.2 Å². The Kier molecular flexibility index (Phi) is 4.65. The number of allylic oxidation sites excluding steroid dienone is 1. The predicted octanol–water partition coefficient (Wildman–Crippen LogP) is 3.09. The van der Waals surface area contributed by atoms with Gasteiger partial charge in [-0.1, -0.05) is 18.2 Å². The van der Waals surface area contributed by atoms with Gasteiger partial charge < -0.3 is 10.2 Å². The van der Waals surface area contributed by atoms with Crippen LogP contribution in [0.25, 0.3) is 6.08 Å². The molecular weight excluding hydrogens is 417 g/mol. The van der Waals surface area contributed by atoms with Crippen LogP contribution in [0.15, 0.2) is 57.6 Å². The minimum absolute atomic E-state index is 0.265. The van der Waals surface area contributed by atoms with Crippen LogP contribution in [0.3, 0.4) is 0 Å². The van der Waals surface area contributed by atoms with Crippen LogP contribution in [0, 0.1) is 32.3 Å². The van der Waals surface area contributed by atoms with Crippen molar-refractivity contribution in [2.75, 3.05) is 5.01 Å². The first-order valence-corrected chi connectivity index (χ1v) is 8.17. The van der Waals surface area contributed by atoms with Crippen molar-refractivity contribution < 1.29 is 4.42 Å². The highest BCUT2D eigenvalue weighted by molar-refractivity contribution is 14.1. The fourth-order valence-electron chi connectivity index (χ4n) is 2.43. The lowest BCUT2D eigenvalue weighted by Gasteiger charge is -2.21. The van der Waals surface area contributed by atoms with Crippen molar-refractivity contribution in [2.24, 2.45) is 16.8 Å². The molecule has 0 amide bonds. The molecule has 0 unspecified atom stereocenters. The van der Waals surface area contributed by atoms with Crippen molar-refractivity contribution in [3.63, 3.8) is 0 Å². The fraction of sp³-hybridized carbons (Fsp3) is 0.118. The van der Waals surface area contributed by atoms with Crippen molar-refractivity contribution in [3.8, 4) is 12.1 Å². The number of hydrazone groups is 1. The number of nitrogens with zero attached hydrogens (tertiary/aromatic N) is 4. The van der Waals surface area contributed by atoms with Gasteiger partial charge in [0.1, 0.15) is 23.9 Å². The quantitative estimate of drug-likeness (QED) is 0.597. The van der Waals surface area contributed by atoms with Crippen LogP contribution < -0.4 is 10.7 Å². The third-order valence-corrected chi connectivity index (χ3v) is 4.15. The molecule has 2 atom stereocenters. The number of rotatable bonds is 3. The zero-order valence-electron chi connectivity index (χ0n) is 12.4. The van der Waals surface area contributed by atoms with Crippen molar-refractivity contribution in [1.82, 2.24) is 0 Å². The molecule has 2 heterocycles. The maximum Gasteiger partial charge on any atom is 0.164 e. The maximum absolute atomic E-state index is 9.50. The Hall–Kier alpha value is -2.62. The van der Waals surface area contributed by atoms with Crippen molar-refractivity contribution >= 4 is 40.1 Å². The molecule has 0 saturated carbocycles. The summed E-state index contributed by atoms with van der Waals surface area (Å²) in [5, 5.41) is 25.0. The topological polar surface area (TPSA) is 102 Å². The van der Waals surface area contributed by atoms with Crippen LogP contribution >= 0.6 is 22.6 Å². The summed E-state index contributed by atoms with van der Waals surface area (Å²) in [6.07, 6.45) is 0.924. The van der Waals surface area contributed by atoms with Crippen LogP contribution in [0.5, 0.6) is 0 Å². The Labute approximate surface area is 152 Å². The fourth-order valence-corrected chi connectivity index (χ4v) is 2.86. The molecule has 118 valence electrons. The average molecular weight is 429 g/mol. The van der Waals surface area contributed by atoms with E-state index >= 15 is 0 Å². The summed E-state index contributed by atoms with van der Waals surface area (Å²) < 4.78 is 6.17. The second-order valence-electron chi connectivity index (χ2n) is 5.07. The van der Waals surface area contributed by atoms with Gasteiger partial charge >= 0.3 is 0 Å². The monoisotopic (exact) mass is 429 g/mol. The van der Waals surface area contributed by atoms with Gasteiger partial charge in [-0.25, -0.2) is 5.01 Å². The van der Waals surface area contributed by atoms with Crippen LogP contribution in [0.2, 0.25) is 0 Å². The number of furan rings is 1. The normalized spacial score (nSPS) is 20.4. The van der Waals surface area contributed by atoms with E-state index < -0.39 is 12.1 Å². The molecule has 1 aliphatic heterocycles. The maximum atomic E-state index is 9.50. The van der Waals surface area contributed by atoms with Crippen molar-refractivity contribution in [3.05, 3.63) is 57.6 Å². The zero-order valence-corrected chi connectivity index (χ0v) is 14.6. The Morgan fingerprint density at radius 2 is 2.00 bits per heavy atom. The molecule has 0 saturated heterocycles. The lowest BCUT2D eigenvalue weighted by molar-refractivity contribution is 0.528. The summed E-state index contributed by atoms with van der Waals surface area (Å²) in [4.78, 5) is 0. The van der Waals surface area contributed by atoms with E-state index in [1.807, 2.05) is 52.9 Å². The molecule has 2 N–H and O–H groups in total. The van der Waals surface area contributed by atoms with Gasteiger partial charge in [0.2, 0.25) is 0 Å². The Morgan fingerprint density at radius 1 is 1.25 bits per heavy atom. The van der Waals surface area contributed by atoms with Gasteiger partial charge in [0.05, 0.1) is 23.0 Å². The van der Waals surface area contributed by atoms with E-state index in [4.69, 9.17) is 10.2 Å². The molecular formula is C17H12IN5O. The van der Waals surface area contributed by atoms with Gasteiger partial charge in [0.15, 0.2) is 3.77 Å². The van der Waals surface area contributed by atoms with E-state index in [-0.39, 0.29) is 5.57 Å². The molecule has 3 rings (SSSR count).